The number of halogens is 1. The Bertz CT molecular complexity index is 700. The van der Waals surface area contributed by atoms with Crippen LogP contribution in [0.15, 0.2) is 42.5 Å². The standard InChI is InChI=1S/C19H22FNO2/c1-13-11-16(20)10-9-15(13)12-19(22)21(3)14(2)17-7-5-6-8-18(17)23-4/h5-11,14H,12H2,1-4H3/t14-/m0/s1. The van der Waals surface area contributed by atoms with E-state index in [2.05, 4.69) is 0 Å². The van der Waals surface area contributed by atoms with Gasteiger partial charge in [-0.3, -0.25) is 4.79 Å². The van der Waals surface area contributed by atoms with Crippen molar-refractivity contribution in [3.8, 4) is 5.75 Å². The van der Waals surface area contributed by atoms with Crippen molar-refractivity contribution >= 4 is 5.91 Å². The summed E-state index contributed by atoms with van der Waals surface area (Å²) in [6.45, 7) is 3.78. The molecule has 0 N–H and O–H groups in total. The van der Waals surface area contributed by atoms with E-state index in [0.29, 0.717) is 0 Å². The van der Waals surface area contributed by atoms with Crippen LogP contribution in [0.2, 0.25) is 0 Å². The number of likely N-dealkylation sites (N-methyl/N-ethyl adjacent to an activating group) is 1. The molecule has 0 spiro atoms. The first kappa shape index (κ1) is 17.0. The first-order chi connectivity index (χ1) is 10.9. The molecule has 2 aromatic carbocycles. The van der Waals surface area contributed by atoms with Crippen molar-refractivity contribution in [3.05, 3.63) is 65.0 Å². The van der Waals surface area contributed by atoms with Crippen molar-refractivity contribution in [3.63, 3.8) is 0 Å². The third-order valence-electron chi connectivity index (χ3n) is 4.21. The predicted molar refractivity (Wildman–Crippen MR) is 89.0 cm³/mol. The predicted octanol–water partition coefficient (Wildman–Crippen LogP) is 3.90. The topological polar surface area (TPSA) is 29.5 Å². The maximum Gasteiger partial charge on any atom is 0.227 e. The molecule has 23 heavy (non-hydrogen) atoms. The van der Waals surface area contributed by atoms with Crippen LogP contribution >= 0.6 is 0 Å². The molecule has 1 amide bonds. The van der Waals surface area contributed by atoms with E-state index in [4.69, 9.17) is 4.74 Å². The zero-order chi connectivity index (χ0) is 17.0. The van der Waals surface area contributed by atoms with Crippen molar-refractivity contribution in [2.75, 3.05) is 14.2 Å². The van der Waals surface area contributed by atoms with Gasteiger partial charge in [-0.2, -0.15) is 0 Å². The minimum absolute atomic E-state index is 0.0156. The molecule has 2 aromatic rings. The summed E-state index contributed by atoms with van der Waals surface area (Å²) < 4.78 is 18.5. The number of carbonyl (C=O) groups is 1. The number of methoxy groups -OCH3 is 1. The van der Waals surface area contributed by atoms with Crippen LogP contribution in [0.5, 0.6) is 5.75 Å². The first-order valence-electron chi connectivity index (χ1n) is 7.57. The zero-order valence-corrected chi connectivity index (χ0v) is 14.0. The molecule has 0 aliphatic carbocycles. The van der Waals surface area contributed by atoms with Crippen LogP contribution < -0.4 is 4.74 Å². The van der Waals surface area contributed by atoms with E-state index < -0.39 is 0 Å². The fraction of sp³-hybridized carbons (Fsp3) is 0.316. The average molecular weight is 315 g/mol. The number of aryl methyl sites for hydroxylation is 1. The van der Waals surface area contributed by atoms with Crippen molar-refractivity contribution in [1.82, 2.24) is 4.90 Å². The van der Waals surface area contributed by atoms with E-state index in [9.17, 15) is 9.18 Å². The van der Waals surface area contributed by atoms with E-state index >= 15 is 0 Å². The molecular formula is C19H22FNO2. The smallest absolute Gasteiger partial charge is 0.227 e. The van der Waals surface area contributed by atoms with E-state index in [-0.39, 0.29) is 24.2 Å². The van der Waals surface area contributed by atoms with Gasteiger partial charge in [0.1, 0.15) is 11.6 Å². The summed E-state index contributed by atoms with van der Waals surface area (Å²) >= 11 is 0. The fourth-order valence-corrected chi connectivity index (χ4v) is 2.58. The summed E-state index contributed by atoms with van der Waals surface area (Å²) in [5.74, 6) is 0.463. The monoisotopic (exact) mass is 315 g/mol. The summed E-state index contributed by atoms with van der Waals surface area (Å²) in [5, 5.41) is 0. The van der Waals surface area contributed by atoms with Gasteiger partial charge in [0.15, 0.2) is 0 Å². The lowest BCUT2D eigenvalue weighted by Gasteiger charge is -2.27. The second-order valence-electron chi connectivity index (χ2n) is 5.67. The number of ether oxygens (including phenoxy) is 1. The number of hydrogen-bond acceptors (Lipinski definition) is 2. The Hall–Kier alpha value is -2.36. The highest BCUT2D eigenvalue weighted by molar-refractivity contribution is 5.79. The highest BCUT2D eigenvalue weighted by atomic mass is 19.1. The van der Waals surface area contributed by atoms with E-state index in [1.165, 1.54) is 12.1 Å². The second-order valence-corrected chi connectivity index (χ2v) is 5.67. The molecule has 0 radical (unpaired) electrons. The molecular weight excluding hydrogens is 293 g/mol. The lowest BCUT2D eigenvalue weighted by atomic mass is 10.0. The largest absolute Gasteiger partial charge is 0.496 e. The van der Waals surface area contributed by atoms with Gasteiger partial charge in [0, 0.05) is 12.6 Å². The zero-order valence-electron chi connectivity index (χ0n) is 14.0. The van der Waals surface area contributed by atoms with Gasteiger partial charge in [-0.1, -0.05) is 24.3 Å². The molecule has 1 atom stereocenters. The maximum atomic E-state index is 13.2. The van der Waals surface area contributed by atoms with Crippen molar-refractivity contribution in [2.24, 2.45) is 0 Å². The Morgan fingerprint density at radius 2 is 1.96 bits per heavy atom. The Morgan fingerprint density at radius 3 is 2.61 bits per heavy atom. The lowest BCUT2D eigenvalue weighted by molar-refractivity contribution is -0.131. The number of amides is 1. The van der Waals surface area contributed by atoms with Gasteiger partial charge >= 0.3 is 0 Å². The van der Waals surface area contributed by atoms with Gasteiger partial charge < -0.3 is 9.64 Å². The SMILES string of the molecule is COc1ccccc1[C@H](C)N(C)C(=O)Cc1ccc(F)cc1C. The first-order valence-corrected chi connectivity index (χ1v) is 7.57. The quantitative estimate of drug-likeness (QED) is 0.837. The summed E-state index contributed by atoms with van der Waals surface area (Å²) in [5.41, 5.74) is 2.59. The molecule has 0 unspecified atom stereocenters. The van der Waals surface area contributed by atoms with E-state index in [1.54, 1.807) is 25.1 Å². The summed E-state index contributed by atoms with van der Waals surface area (Å²) in [6.07, 6.45) is 0.252. The molecule has 4 heteroatoms. The van der Waals surface area contributed by atoms with Crippen LogP contribution in [0.1, 0.15) is 29.7 Å². The van der Waals surface area contributed by atoms with Gasteiger partial charge in [-0.05, 0) is 43.2 Å². The Morgan fingerprint density at radius 1 is 1.26 bits per heavy atom. The molecule has 2 rings (SSSR count). The Labute approximate surface area is 136 Å². The fourth-order valence-electron chi connectivity index (χ4n) is 2.58. The van der Waals surface area contributed by atoms with Gasteiger partial charge in [-0.15, -0.1) is 0 Å². The second kappa shape index (κ2) is 7.27. The Balaban J connectivity index is 2.15. The molecule has 0 aliphatic rings. The van der Waals surface area contributed by atoms with Crippen LogP contribution in [0.25, 0.3) is 0 Å². The molecule has 122 valence electrons. The summed E-state index contributed by atoms with van der Waals surface area (Å²) in [4.78, 5) is 14.3. The number of hydrogen-bond donors (Lipinski definition) is 0. The molecule has 0 aromatic heterocycles. The number of rotatable bonds is 5. The van der Waals surface area contributed by atoms with Crippen molar-refractivity contribution < 1.29 is 13.9 Å². The third kappa shape index (κ3) is 3.89. The number of benzene rings is 2. The average Bonchev–Trinajstić information content (AvgIpc) is 2.55. The van der Waals surface area contributed by atoms with Crippen LogP contribution in [0, 0.1) is 12.7 Å². The van der Waals surface area contributed by atoms with E-state index in [0.717, 1.165) is 22.4 Å². The Kier molecular flexibility index (Phi) is 5.37. The van der Waals surface area contributed by atoms with Crippen molar-refractivity contribution in [1.29, 1.82) is 0 Å². The minimum atomic E-state index is -0.283. The maximum absolute atomic E-state index is 13.2. The highest BCUT2D eigenvalue weighted by Crippen LogP contribution is 2.28. The molecule has 0 heterocycles. The van der Waals surface area contributed by atoms with Crippen LogP contribution in [-0.4, -0.2) is 25.0 Å². The molecule has 0 aliphatic heterocycles. The van der Waals surface area contributed by atoms with Gasteiger partial charge in [-0.25, -0.2) is 4.39 Å². The third-order valence-corrected chi connectivity index (χ3v) is 4.21. The van der Waals surface area contributed by atoms with Crippen LogP contribution in [-0.2, 0) is 11.2 Å². The molecule has 0 fully saturated rings. The van der Waals surface area contributed by atoms with Crippen molar-refractivity contribution in [2.45, 2.75) is 26.3 Å². The van der Waals surface area contributed by atoms with Crippen LogP contribution in [0.4, 0.5) is 4.39 Å². The van der Waals surface area contributed by atoms with Gasteiger partial charge in [0.2, 0.25) is 5.91 Å². The normalized spacial score (nSPS) is 11.9. The molecule has 0 saturated carbocycles. The van der Waals surface area contributed by atoms with Gasteiger partial charge in [0.25, 0.3) is 0 Å². The lowest BCUT2D eigenvalue weighted by Crippen LogP contribution is -2.31. The summed E-state index contributed by atoms with van der Waals surface area (Å²) in [6, 6.07) is 12.1. The minimum Gasteiger partial charge on any atom is -0.496 e. The number of nitrogens with zero attached hydrogens (tertiary/aromatic N) is 1. The number of para-hydroxylation sites is 1. The highest BCUT2D eigenvalue weighted by Gasteiger charge is 2.20. The van der Waals surface area contributed by atoms with Crippen LogP contribution in [0.3, 0.4) is 0 Å². The van der Waals surface area contributed by atoms with E-state index in [1.807, 2.05) is 38.1 Å². The molecule has 3 nitrogen and oxygen atoms in total. The van der Waals surface area contributed by atoms with Gasteiger partial charge in [0.05, 0.1) is 19.6 Å². The number of carbonyl (C=O) groups excluding carboxylic acids is 1. The molecule has 0 saturated heterocycles. The summed E-state index contributed by atoms with van der Waals surface area (Å²) in [7, 11) is 3.40. The molecule has 0 bridgehead atoms.